The Balaban J connectivity index is 4.35. The molecular formula is C6H14O8S2. The standard InChI is InChI=1S/C6H14O8S2/c1-5(2)11-15(7,8)13-14-16(9,10)12-6(3)4/h5-6H,1-4H3. The first-order valence-corrected chi connectivity index (χ1v) is 6.95. The smallest absolute Gasteiger partial charge is 0.244 e. The minimum atomic E-state index is -4.53. The van der Waals surface area contributed by atoms with Gasteiger partial charge in [-0.1, -0.05) is 8.67 Å². The van der Waals surface area contributed by atoms with Crippen molar-refractivity contribution in [3.05, 3.63) is 0 Å². The molecule has 16 heavy (non-hydrogen) atoms. The Morgan fingerprint density at radius 3 is 1.12 bits per heavy atom. The Morgan fingerprint density at radius 2 is 0.938 bits per heavy atom. The van der Waals surface area contributed by atoms with Gasteiger partial charge in [0.15, 0.2) is 0 Å². The van der Waals surface area contributed by atoms with E-state index < -0.39 is 33.0 Å². The fourth-order valence-corrected chi connectivity index (χ4v) is 2.12. The number of hydrogen-bond acceptors (Lipinski definition) is 8. The third kappa shape index (κ3) is 7.96. The van der Waals surface area contributed by atoms with Crippen LogP contribution in [0.1, 0.15) is 27.7 Å². The van der Waals surface area contributed by atoms with E-state index in [0.717, 1.165) is 0 Å². The van der Waals surface area contributed by atoms with Crippen molar-refractivity contribution < 1.29 is 33.9 Å². The van der Waals surface area contributed by atoms with E-state index in [9.17, 15) is 16.8 Å². The lowest BCUT2D eigenvalue weighted by Gasteiger charge is -2.08. The summed E-state index contributed by atoms with van der Waals surface area (Å²) in [4.78, 5) is 0. The monoisotopic (exact) mass is 278 g/mol. The molecule has 0 saturated carbocycles. The third-order valence-corrected chi connectivity index (χ3v) is 2.61. The summed E-state index contributed by atoms with van der Waals surface area (Å²) in [5.41, 5.74) is 0. The Hall–Kier alpha value is -0.260. The van der Waals surface area contributed by atoms with Crippen molar-refractivity contribution in [2.45, 2.75) is 39.9 Å². The lowest BCUT2D eigenvalue weighted by atomic mass is 10.5. The molecule has 0 aromatic heterocycles. The van der Waals surface area contributed by atoms with E-state index in [4.69, 9.17) is 0 Å². The van der Waals surface area contributed by atoms with Gasteiger partial charge in [0.05, 0.1) is 12.2 Å². The summed E-state index contributed by atoms with van der Waals surface area (Å²) in [5, 5.41) is 0. The molecule has 10 heteroatoms. The number of hydrogen-bond donors (Lipinski definition) is 0. The van der Waals surface area contributed by atoms with Crippen LogP contribution in [0.25, 0.3) is 0 Å². The van der Waals surface area contributed by atoms with Crippen LogP contribution in [0.15, 0.2) is 0 Å². The van der Waals surface area contributed by atoms with Crippen LogP contribution >= 0.6 is 0 Å². The molecule has 0 aromatic rings. The van der Waals surface area contributed by atoms with Crippen LogP contribution in [0.5, 0.6) is 0 Å². The Labute approximate surface area is 95.0 Å². The van der Waals surface area contributed by atoms with E-state index >= 15 is 0 Å². The molecule has 0 rings (SSSR count). The first kappa shape index (κ1) is 15.7. The van der Waals surface area contributed by atoms with Gasteiger partial charge < -0.3 is 0 Å². The van der Waals surface area contributed by atoms with E-state index in [1.54, 1.807) is 0 Å². The van der Waals surface area contributed by atoms with Gasteiger partial charge in [-0.2, -0.15) is 16.8 Å². The normalized spacial score (nSPS) is 13.6. The Morgan fingerprint density at radius 1 is 0.688 bits per heavy atom. The summed E-state index contributed by atoms with van der Waals surface area (Å²) in [6, 6.07) is 0. The van der Waals surface area contributed by atoms with E-state index in [0.29, 0.717) is 0 Å². The van der Waals surface area contributed by atoms with Crippen molar-refractivity contribution >= 4 is 20.8 Å². The van der Waals surface area contributed by atoms with Gasteiger partial charge in [0, 0.05) is 0 Å². The minimum Gasteiger partial charge on any atom is -0.244 e. The second kappa shape index (κ2) is 5.89. The van der Waals surface area contributed by atoms with Crippen molar-refractivity contribution in [2.24, 2.45) is 0 Å². The van der Waals surface area contributed by atoms with Crippen LogP contribution in [0.3, 0.4) is 0 Å². The Bertz CT molecular complexity index is 352. The van der Waals surface area contributed by atoms with E-state index in [1.807, 2.05) is 0 Å². The molecule has 0 spiro atoms. The van der Waals surface area contributed by atoms with Crippen molar-refractivity contribution in [3.63, 3.8) is 0 Å². The van der Waals surface area contributed by atoms with Gasteiger partial charge in [0.2, 0.25) is 0 Å². The van der Waals surface area contributed by atoms with Crippen molar-refractivity contribution in [3.8, 4) is 0 Å². The van der Waals surface area contributed by atoms with Crippen LogP contribution < -0.4 is 0 Å². The maximum absolute atomic E-state index is 10.9. The molecule has 0 unspecified atom stereocenters. The third-order valence-electron chi connectivity index (χ3n) is 0.815. The predicted molar refractivity (Wildman–Crippen MR) is 52.5 cm³/mol. The highest BCUT2D eigenvalue weighted by molar-refractivity contribution is 7.84. The zero-order valence-corrected chi connectivity index (χ0v) is 10.9. The van der Waals surface area contributed by atoms with E-state index in [1.165, 1.54) is 27.7 Å². The predicted octanol–water partition coefficient (Wildman–Crippen LogP) is 0.274. The molecule has 0 atom stereocenters. The molecule has 0 aromatic carbocycles. The van der Waals surface area contributed by atoms with Crippen LogP contribution in [0.4, 0.5) is 0 Å². The number of rotatable bonds is 7. The molecular weight excluding hydrogens is 264 g/mol. The van der Waals surface area contributed by atoms with Gasteiger partial charge >= 0.3 is 20.8 Å². The molecule has 0 N–H and O–H groups in total. The molecule has 0 fully saturated rings. The topological polar surface area (TPSA) is 105 Å². The second-order valence-electron chi connectivity index (χ2n) is 3.24. The van der Waals surface area contributed by atoms with Gasteiger partial charge in [0.25, 0.3) is 0 Å². The molecule has 0 heterocycles. The molecule has 0 saturated heterocycles. The summed E-state index contributed by atoms with van der Waals surface area (Å²) < 4.78 is 59.3. The largest absolute Gasteiger partial charge is 0.427 e. The van der Waals surface area contributed by atoms with Crippen molar-refractivity contribution in [1.82, 2.24) is 0 Å². The van der Waals surface area contributed by atoms with Crippen LogP contribution in [0.2, 0.25) is 0 Å². The van der Waals surface area contributed by atoms with Gasteiger partial charge in [-0.15, -0.1) is 0 Å². The first-order valence-electron chi connectivity index (χ1n) is 4.28. The lowest BCUT2D eigenvalue weighted by Crippen LogP contribution is -2.20. The van der Waals surface area contributed by atoms with Crippen molar-refractivity contribution in [2.75, 3.05) is 0 Å². The van der Waals surface area contributed by atoms with Crippen LogP contribution in [0, 0.1) is 0 Å². The average Bonchev–Trinajstić information content (AvgIpc) is 1.96. The summed E-state index contributed by atoms with van der Waals surface area (Å²) in [7, 11) is -9.06. The fourth-order valence-electron chi connectivity index (χ4n) is 0.572. The maximum Gasteiger partial charge on any atom is 0.427 e. The fraction of sp³-hybridized carbons (Fsp3) is 1.00. The van der Waals surface area contributed by atoms with E-state index in [-0.39, 0.29) is 0 Å². The van der Waals surface area contributed by atoms with Gasteiger partial charge in [-0.25, -0.2) is 8.37 Å². The summed E-state index contributed by atoms with van der Waals surface area (Å²) >= 11 is 0. The van der Waals surface area contributed by atoms with Gasteiger partial charge in [-0.05, 0) is 27.7 Å². The molecule has 8 nitrogen and oxygen atoms in total. The maximum atomic E-state index is 10.9. The average molecular weight is 278 g/mol. The summed E-state index contributed by atoms with van der Waals surface area (Å²) in [6.07, 6.45) is -1.41. The molecule has 0 amide bonds. The minimum absolute atomic E-state index is 0.706. The molecule has 0 bridgehead atoms. The molecule has 0 radical (unpaired) electrons. The van der Waals surface area contributed by atoms with Gasteiger partial charge in [-0.3, -0.25) is 0 Å². The summed E-state index contributed by atoms with van der Waals surface area (Å²) in [6.45, 7) is 5.67. The zero-order valence-electron chi connectivity index (χ0n) is 9.24. The van der Waals surface area contributed by atoms with Crippen LogP contribution in [-0.4, -0.2) is 29.0 Å². The molecule has 0 aliphatic carbocycles. The highest BCUT2D eigenvalue weighted by atomic mass is 32.3. The van der Waals surface area contributed by atoms with Crippen LogP contribution in [-0.2, 0) is 37.8 Å². The quantitative estimate of drug-likeness (QED) is 0.483. The highest BCUT2D eigenvalue weighted by Crippen LogP contribution is 2.07. The SMILES string of the molecule is CC(C)OS(=O)(=O)OOS(=O)(=O)OC(C)C. The first-order chi connectivity index (χ1) is 7.04. The molecule has 0 aliphatic heterocycles. The second-order valence-corrected chi connectivity index (χ2v) is 5.53. The van der Waals surface area contributed by atoms with Crippen molar-refractivity contribution in [1.29, 1.82) is 0 Å². The Kier molecular flexibility index (Phi) is 5.79. The molecule has 98 valence electrons. The van der Waals surface area contributed by atoms with Gasteiger partial charge in [0.1, 0.15) is 0 Å². The highest BCUT2D eigenvalue weighted by Gasteiger charge is 2.23. The summed E-state index contributed by atoms with van der Waals surface area (Å²) in [5.74, 6) is 0. The lowest BCUT2D eigenvalue weighted by molar-refractivity contribution is -0.116. The van der Waals surface area contributed by atoms with E-state index in [2.05, 4.69) is 17.0 Å². The molecule has 0 aliphatic rings. The zero-order chi connectivity index (χ0) is 13.0.